The van der Waals surface area contributed by atoms with Crippen molar-refractivity contribution in [3.63, 3.8) is 0 Å². The number of carbonyl (C=O) groups is 3. The molecule has 3 amide bonds. The van der Waals surface area contributed by atoms with Crippen molar-refractivity contribution in [2.24, 2.45) is 0 Å². The Morgan fingerprint density at radius 3 is 2.85 bits per heavy atom. The molecule has 0 bridgehead atoms. The first-order valence-electron chi connectivity index (χ1n) is 6.52. The van der Waals surface area contributed by atoms with Gasteiger partial charge in [0.15, 0.2) is 0 Å². The fourth-order valence-corrected chi connectivity index (χ4v) is 2.48. The summed E-state index contributed by atoms with van der Waals surface area (Å²) in [7, 11) is 0. The molecule has 2 atom stereocenters. The monoisotopic (exact) mass is 275 g/mol. The van der Waals surface area contributed by atoms with E-state index in [-0.39, 0.29) is 18.4 Å². The summed E-state index contributed by atoms with van der Waals surface area (Å²) in [6.07, 6.45) is 2.90. The molecule has 1 saturated heterocycles. The minimum absolute atomic E-state index is 0.245. The molecule has 0 aliphatic carbocycles. The zero-order chi connectivity index (χ0) is 14.7. The molecule has 1 aliphatic rings. The van der Waals surface area contributed by atoms with Crippen molar-refractivity contribution < 1.29 is 14.4 Å². The Kier molecular flexibility index (Phi) is 4.12. The van der Waals surface area contributed by atoms with Gasteiger partial charge < -0.3 is 4.90 Å². The molecule has 1 aliphatic heterocycles. The van der Waals surface area contributed by atoms with Crippen molar-refractivity contribution in [2.45, 2.75) is 38.8 Å². The summed E-state index contributed by atoms with van der Waals surface area (Å²) in [4.78, 5) is 40.1. The maximum atomic E-state index is 11.9. The summed E-state index contributed by atoms with van der Waals surface area (Å²) in [6, 6.07) is 2.79. The molecule has 2 unspecified atom stereocenters. The quantitative estimate of drug-likeness (QED) is 0.648. The lowest BCUT2D eigenvalue weighted by Gasteiger charge is -2.34. The highest BCUT2D eigenvalue weighted by molar-refractivity contribution is 6.00. The number of pyridine rings is 1. The first kappa shape index (κ1) is 14.2. The fourth-order valence-electron chi connectivity index (χ4n) is 2.48. The minimum atomic E-state index is -0.624. The van der Waals surface area contributed by atoms with E-state index in [1.165, 1.54) is 4.90 Å². The number of rotatable bonds is 4. The van der Waals surface area contributed by atoms with Crippen LogP contribution in [-0.4, -0.2) is 34.2 Å². The molecule has 0 aromatic carbocycles. The smallest absolute Gasteiger partial charge is 0.249 e. The van der Waals surface area contributed by atoms with Gasteiger partial charge in [-0.3, -0.25) is 24.7 Å². The van der Waals surface area contributed by atoms with Crippen molar-refractivity contribution in [2.75, 3.05) is 0 Å². The van der Waals surface area contributed by atoms with E-state index in [2.05, 4.69) is 10.3 Å². The summed E-state index contributed by atoms with van der Waals surface area (Å²) in [5.74, 6) is -0.715. The van der Waals surface area contributed by atoms with E-state index in [4.69, 9.17) is 0 Å². The van der Waals surface area contributed by atoms with Crippen molar-refractivity contribution >= 4 is 18.2 Å². The maximum Gasteiger partial charge on any atom is 0.249 e. The molecular formula is C14H17N3O3. The number of aromatic nitrogens is 1. The average Bonchev–Trinajstić information content (AvgIpc) is 2.42. The zero-order valence-electron chi connectivity index (χ0n) is 11.5. The third-order valence-corrected chi connectivity index (χ3v) is 3.58. The molecule has 1 aromatic rings. The van der Waals surface area contributed by atoms with Crippen LogP contribution >= 0.6 is 0 Å². The number of nitrogens with zero attached hydrogens (tertiary/aromatic N) is 2. The Morgan fingerprint density at radius 1 is 1.50 bits per heavy atom. The molecule has 6 nitrogen and oxygen atoms in total. The Bertz CT molecular complexity index is 544. The fraction of sp³-hybridized carbons (Fsp3) is 0.429. The SMILES string of the molecule is Cc1cccnc1C(C)N(C=O)C1CCC(=O)NC1=O. The summed E-state index contributed by atoms with van der Waals surface area (Å²) >= 11 is 0. The van der Waals surface area contributed by atoms with E-state index in [1.54, 1.807) is 6.20 Å². The van der Waals surface area contributed by atoms with Gasteiger partial charge in [-0.1, -0.05) is 6.07 Å². The number of hydrogen-bond acceptors (Lipinski definition) is 4. The second kappa shape index (κ2) is 5.81. The van der Waals surface area contributed by atoms with Gasteiger partial charge >= 0.3 is 0 Å². The Morgan fingerprint density at radius 2 is 2.25 bits per heavy atom. The van der Waals surface area contributed by atoms with Crippen LogP contribution in [0.4, 0.5) is 0 Å². The summed E-state index contributed by atoms with van der Waals surface area (Å²) < 4.78 is 0. The molecule has 2 heterocycles. The molecule has 2 rings (SSSR count). The van der Waals surface area contributed by atoms with Gasteiger partial charge in [0.2, 0.25) is 18.2 Å². The number of imide groups is 1. The van der Waals surface area contributed by atoms with Crippen LogP contribution in [0.5, 0.6) is 0 Å². The number of amides is 3. The van der Waals surface area contributed by atoms with Crippen molar-refractivity contribution in [1.29, 1.82) is 0 Å². The number of hydrogen-bond donors (Lipinski definition) is 1. The lowest BCUT2D eigenvalue weighted by atomic mass is 10.0. The molecule has 0 spiro atoms. The first-order chi connectivity index (χ1) is 9.54. The van der Waals surface area contributed by atoms with Crippen LogP contribution in [0, 0.1) is 6.92 Å². The minimum Gasteiger partial charge on any atom is -0.325 e. The second-order valence-corrected chi connectivity index (χ2v) is 4.90. The van der Waals surface area contributed by atoms with E-state index < -0.39 is 11.9 Å². The molecule has 1 aromatic heterocycles. The van der Waals surface area contributed by atoms with E-state index in [0.717, 1.165) is 11.3 Å². The molecule has 0 saturated carbocycles. The standard InChI is InChI=1S/C14H17N3O3/c1-9-4-3-7-15-13(9)10(2)17(8-18)11-5-6-12(19)16-14(11)20/h3-4,7-8,10-11H,5-6H2,1-2H3,(H,16,19,20). The normalized spacial score (nSPS) is 20.2. The second-order valence-electron chi connectivity index (χ2n) is 4.90. The molecular weight excluding hydrogens is 258 g/mol. The van der Waals surface area contributed by atoms with Crippen LogP contribution in [0.2, 0.25) is 0 Å². The number of piperidine rings is 1. The predicted octanol–water partition coefficient (Wildman–Crippen LogP) is 0.715. The van der Waals surface area contributed by atoms with Gasteiger partial charge in [-0.05, 0) is 31.9 Å². The molecule has 20 heavy (non-hydrogen) atoms. The number of aryl methyl sites for hydroxylation is 1. The largest absolute Gasteiger partial charge is 0.325 e. The topological polar surface area (TPSA) is 79.4 Å². The summed E-state index contributed by atoms with van der Waals surface area (Å²) in [6.45, 7) is 3.74. The summed E-state index contributed by atoms with van der Waals surface area (Å²) in [5, 5.41) is 2.27. The third-order valence-electron chi connectivity index (χ3n) is 3.58. The predicted molar refractivity (Wildman–Crippen MR) is 71.5 cm³/mol. The Hall–Kier alpha value is -2.24. The molecule has 106 valence electrons. The van der Waals surface area contributed by atoms with Gasteiger partial charge in [-0.2, -0.15) is 0 Å². The van der Waals surface area contributed by atoms with E-state index in [9.17, 15) is 14.4 Å². The highest BCUT2D eigenvalue weighted by Crippen LogP contribution is 2.24. The van der Waals surface area contributed by atoms with Crippen LogP contribution in [0.15, 0.2) is 18.3 Å². The third kappa shape index (κ3) is 2.68. The van der Waals surface area contributed by atoms with Gasteiger partial charge in [-0.25, -0.2) is 0 Å². The van der Waals surface area contributed by atoms with Gasteiger partial charge in [0.25, 0.3) is 0 Å². The Balaban J connectivity index is 2.24. The van der Waals surface area contributed by atoms with Gasteiger partial charge in [-0.15, -0.1) is 0 Å². The molecule has 0 radical (unpaired) electrons. The molecule has 1 N–H and O–H groups in total. The van der Waals surface area contributed by atoms with Crippen LogP contribution in [-0.2, 0) is 14.4 Å². The molecule has 1 fully saturated rings. The number of nitrogens with one attached hydrogen (secondary N) is 1. The molecule has 6 heteroatoms. The van der Waals surface area contributed by atoms with Crippen molar-refractivity contribution in [3.8, 4) is 0 Å². The zero-order valence-corrected chi connectivity index (χ0v) is 11.5. The van der Waals surface area contributed by atoms with Crippen LogP contribution in [0.1, 0.15) is 37.1 Å². The van der Waals surface area contributed by atoms with Crippen LogP contribution in [0.25, 0.3) is 0 Å². The van der Waals surface area contributed by atoms with E-state index in [1.807, 2.05) is 26.0 Å². The lowest BCUT2D eigenvalue weighted by Crippen LogP contribution is -2.52. The average molecular weight is 275 g/mol. The summed E-state index contributed by atoms with van der Waals surface area (Å²) in [5.41, 5.74) is 1.71. The van der Waals surface area contributed by atoms with Crippen molar-refractivity contribution in [3.05, 3.63) is 29.6 Å². The van der Waals surface area contributed by atoms with Gasteiger partial charge in [0.1, 0.15) is 6.04 Å². The van der Waals surface area contributed by atoms with Crippen LogP contribution < -0.4 is 5.32 Å². The van der Waals surface area contributed by atoms with Crippen LogP contribution in [0.3, 0.4) is 0 Å². The lowest BCUT2D eigenvalue weighted by molar-refractivity contribution is -0.142. The highest BCUT2D eigenvalue weighted by Gasteiger charge is 2.34. The van der Waals surface area contributed by atoms with E-state index >= 15 is 0 Å². The number of carbonyl (C=O) groups excluding carboxylic acids is 3. The van der Waals surface area contributed by atoms with Gasteiger partial charge in [0.05, 0.1) is 11.7 Å². The maximum absolute atomic E-state index is 11.9. The highest BCUT2D eigenvalue weighted by atomic mass is 16.2. The Labute approximate surface area is 117 Å². The first-order valence-corrected chi connectivity index (χ1v) is 6.52. The van der Waals surface area contributed by atoms with Gasteiger partial charge in [0, 0.05) is 12.6 Å². The van der Waals surface area contributed by atoms with Crippen molar-refractivity contribution in [1.82, 2.24) is 15.2 Å². The van der Waals surface area contributed by atoms with E-state index in [0.29, 0.717) is 12.8 Å².